The van der Waals surface area contributed by atoms with E-state index >= 15 is 0 Å². The van der Waals surface area contributed by atoms with Crippen molar-refractivity contribution in [3.8, 4) is 0 Å². The topological polar surface area (TPSA) is 60.0 Å². The predicted molar refractivity (Wildman–Crippen MR) is 194 cm³/mol. The maximum absolute atomic E-state index is 14.5. The lowest BCUT2D eigenvalue weighted by Gasteiger charge is -2.54. The van der Waals surface area contributed by atoms with Crippen LogP contribution in [0.4, 0.5) is 17.3 Å². The number of hydrogen-bond acceptors (Lipinski definition) is 7. The summed E-state index contributed by atoms with van der Waals surface area (Å²) in [5.41, 5.74) is 3.45. The average molecular weight is 642 g/mol. The van der Waals surface area contributed by atoms with Gasteiger partial charge in [0.05, 0.1) is 12.2 Å². The van der Waals surface area contributed by atoms with Crippen molar-refractivity contribution >= 4 is 28.9 Å². The second kappa shape index (κ2) is 12.8. The number of fused-ring (bicyclic) bond motifs is 5. The van der Waals surface area contributed by atoms with Gasteiger partial charge >= 0.3 is 0 Å². The molecule has 5 aliphatic rings. The Morgan fingerprint density at radius 1 is 0.979 bits per heavy atom. The van der Waals surface area contributed by atoms with Gasteiger partial charge in [-0.15, -0.1) is 0 Å². The van der Waals surface area contributed by atoms with Crippen LogP contribution in [0.2, 0.25) is 0 Å². The number of Topliss-reactive ketones (excluding diaryl/α,β-unsaturated/α-hetero) is 1. The third-order valence-corrected chi connectivity index (χ3v) is 13.8. The van der Waals surface area contributed by atoms with Crippen molar-refractivity contribution in [2.24, 2.45) is 34.0 Å². The molecule has 0 bridgehead atoms. The van der Waals surface area contributed by atoms with Gasteiger partial charge in [-0.2, -0.15) is 0 Å². The first kappa shape index (κ1) is 34.0. The van der Waals surface area contributed by atoms with Gasteiger partial charge in [-0.25, -0.2) is 4.98 Å². The molecule has 6 rings (SSSR count). The molecule has 2 heterocycles. The minimum absolute atomic E-state index is 0.0530. The molecule has 3 fully saturated rings. The van der Waals surface area contributed by atoms with E-state index in [0.717, 1.165) is 89.7 Å². The standard InChI is InChI=1S/C40H59N5O2/c1-9-43(10-2)34-15-16-36(41-37(34)44(11-3)12-4)45-23-21-42(22-24-45)27-35(47)40(8)28(5)25-33-31-14-13-29-26-30(46)17-19-38(29,6)32(31)18-20-39(33,40)7/h15-19,26,28,31,33H,9-14,20-25,27H2,1-8H3/t28?,31-,33+,38+,39+,40-/m1/s1. The molecule has 1 saturated heterocycles. The van der Waals surface area contributed by atoms with Crippen LogP contribution in [0.5, 0.6) is 0 Å². The van der Waals surface area contributed by atoms with Gasteiger partial charge < -0.3 is 14.7 Å². The molecule has 0 amide bonds. The Morgan fingerprint density at radius 3 is 2.32 bits per heavy atom. The number of hydrogen-bond donors (Lipinski definition) is 0. The Hall–Kier alpha value is -2.93. The fourth-order valence-electron chi connectivity index (χ4n) is 10.4. The third-order valence-electron chi connectivity index (χ3n) is 13.8. The number of nitrogens with zero attached hydrogens (tertiary/aromatic N) is 5. The summed E-state index contributed by atoms with van der Waals surface area (Å²) in [7, 11) is 0. The van der Waals surface area contributed by atoms with E-state index in [1.165, 1.54) is 16.8 Å². The van der Waals surface area contributed by atoms with Crippen molar-refractivity contribution in [3.05, 3.63) is 47.6 Å². The summed E-state index contributed by atoms with van der Waals surface area (Å²) < 4.78 is 0. The molecule has 7 heteroatoms. The maximum atomic E-state index is 14.5. The van der Waals surface area contributed by atoms with Gasteiger partial charge in [-0.3, -0.25) is 14.5 Å². The summed E-state index contributed by atoms with van der Waals surface area (Å²) in [4.78, 5) is 41.5. The van der Waals surface area contributed by atoms with Crippen LogP contribution in [-0.2, 0) is 9.59 Å². The molecule has 1 aromatic rings. The predicted octanol–water partition coefficient (Wildman–Crippen LogP) is 6.95. The van der Waals surface area contributed by atoms with E-state index in [4.69, 9.17) is 4.98 Å². The Bertz CT molecular complexity index is 1460. The minimum atomic E-state index is -0.354. The van der Waals surface area contributed by atoms with Crippen molar-refractivity contribution in [3.63, 3.8) is 0 Å². The molecule has 1 aliphatic heterocycles. The van der Waals surface area contributed by atoms with Crippen LogP contribution in [0, 0.1) is 34.0 Å². The molecule has 0 spiro atoms. The molecule has 0 radical (unpaired) electrons. The average Bonchev–Trinajstić information content (AvgIpc) is 3.28. The molecule has 6 atom stereocenters. The molecule has 0 aromatic carbocycles. The number of pyridine rings is 1. The Labute approximate surface area is 284 Å². The lowest BCUT2D eigenvalue weighted by Crippen LogP contribution is -2.54. The minimum Gasteiger partial charge on any atom is -0.369 e. The number of rotatable bonds is 10. The van der Waals surface area contributed by atoms with Gasteiger partial charge in [-0.1, -0.05) is 44.1 Å². The largest absolute Gasteiger partial charge is 0.369 e. The summed E-state index contributed by atoms with van der Waals surface area (Å²) in [5.74, 6) is 4.00. The fraction of sp³-hybridized carbons (Fsp3) is 0.675. The first-order valence-corrected chi connectivity index (χ1v) is 18.6. The summed E-state index contributed by atoms with van der Waals surface area (Å²) in [5, 5.41) is 0. The Morgan fingerprint density at radius 2 is 1.66 bits per heavy atom. The molecule has 47 heavy (non-hydrogen) atoms. The zero-order valence-electron chi connectivity index (χ0n) is 30.4. The Kier molecular flexibility index (Phi) is 9.27. The summed E-state index contributed by atoms with van der Waals surface area (Å²) in [6.45, 7) is 26.1. The molecular formula is C40H59N5O2. The van der Waals surface area contributed by atoms with E-state index in [9.17, 15) is 9.59 Å². The lowest BCUT2D eigenvalue weighted by molar-refractivity contribution is -0.139. The number of aromatic nitrogens is 1. The van der Waals surface area contributed by atoms with E-state index in [1.807, 2.05) is 6.08 Å². The molecule has 4 aliphatic carbocycles. The molecular weight excluding hydrogens is 582 g/mol. The highest BCUT2D eigenvalue weighted by Gasteiger charge is 2.65. The molecule has 7 nitrogen and oxygen atoms in total. The van der Waals surface area contributed by atoms with Crippen LogP contribution in [0.3, 0.4) is 0 Å². The van der Waals surface area contributed by atoms with Crippen LogP contribution in [0.15, 0.2) is 47.6 Å². The Balaban J connectivity index is 1.15. The van der Waals surface area contributed by atoms with Crippen LogP contribution in [0.25, 0.3) is 0 Å². The van der Waals surface area contributed by atoms with Crippen molar-refractivity contribution in [2.45, 2.75) is 81.1 Å². The van der Waals surface area contributed by atoms with E-state index < -0.39 is 0 Å². The number of allylic oxidation sites excluding steroid dienone is 6. The molecule has 1 unspecified atom stereocenters. The SMILES string of the molecule is CCN(CC)c1ccc(N2CCN(CC(=O)[C@@]3(C)C(C)C[C@H]4[C@@H]5CCC6=CC(=O)C=C[C@]6(C)C5=CC[C@@]43C)CC2)nc1N(CC)CC. The monoisotopic (exact) mass is 641 g/mol. The van der Waals surface area contributed by atoms with Gasteiger partial charge in [0, 0.05) is 63.2 Å². The van der Waals surface area contributed by atoms with Gasteiger partial charge in [-0.05, 0) is 108 Å². The summed E-state index contributed by atoms with van der Waals surface area (Å²) >= 11 is 0. The molecule has 2 saturated carbocycles. The highest BCUT2D eigenvalue weighted by Crippen LogP contribution is 2.69. The molecule has 0 N–H and O–H groups in total. The van der Waals surface area contributed by atoms with Crippen molar-refractivity contribution < 1.29 is 9.59 Å². The van der Waals surface area contributed by atoms with Crippen LogP contribution < -0.4 is 14.7 Å². The number of piperazine rings is 1. The highest BCUT2D eigenvalue weighted by molar-refractivity contribution is 6.01. The van der Waals surface area contributed by atoms with Gasteiger partial charge in [0.15, 0.2) is 17.4 Å². The first-order chi connectivity index (χ1) is 22.4. The van der Waals surface area contributed by atoms with E-state index in [1.54, 1.807) is 6.08 Å². The summed E-state index contributed by atoms with van der Waals surface area (Å²) in [6, 6.07) is 4.45. The van der Waals surface area contributed by atoms with Gasteiger partial charge in [0.1, 0.15) is 5.82 Å². The quantitative estimate of drug-likeness (QED) is 0.257. The van der Waals surface area contributed by atoms with Crippen LogP contribution in [0.1, 0.15) is 81.1 Å². The van der Waals surface area contributed by atoms with Crippen molar-refractivity contribution in [1.29, 1.82) is 0 Å². The van der Waals surface area contributed by atoms with Crippen LogP contribution in [-0.4, -0.2) is 80.4 Å². The van der Waals surface area contributed by atoms with Crippen molar-refractivity contribution in [1.82, 2.24) is 9.88 Å². The highest BCUT2D eigenvalue weighted by atomic mass is 16.1. The lowest BCUT2D eigenvalue weighted by atomic mass is 9.49. The third kappa shape index (κ3) is 5.39. The molecule has 1 aromatic heterocycles. The van der Waals surface area contributed by atoms with E-state index in [-0.39, 0.29) is 22.0 Å². The number of ketones is 2. The second-order valence-electron chi connectivity index (χ2n) is 15.5. The maximum Gasteiger partial charge on any atom is 0.178 e. The zero-order chi connectivity index (χ0) is 33.7. The van der Waals surface area contributed by atoms with E-state index in [2.05, 4.69) is 99.3 Å². The number of carbonyl (C=O) groups excluding carboxylic acids is 2. The second-order valence-corrected chi connectivity index (χ2v) is 15.5. The normalized spacial score (nSPS) is 33.5. The van der Waals surface area contributed by atoms with Gasteiger partial charge in [0.25, 0.3) is 0 Å². The molecule has 256 valence electrons. The number of anilines is 3. The van der Waals surface area contributed by atoms with E-state index in [0.29, 0.717) is 30.1 Å². The van der Waals surface area contributed by atoms with Gasteiger partial charge in [0.2, 0.25) is 0 Å². The van der Waals surface area contributed by atoms with Crippen LogP contribution >= 0.6 is 0 Å². The smallest absolute Gasteiger partial charge is 0.178 e. The number of carbonyl (C=O) groups is 2. The first-order valence-electron chi connectivity index (χ1n) is 18.6. The fourth-order valence-corrected chi connectivity index (χ4v) is 10.4. The van der Waals surface area contributed by atoms with Crippen molar-refractivity contribution in [2.75, 3.05) is 73.6 Å². The zero-order valence-corrected chi connectivity index (χ0v) is 30.4. The summed E-state index contributed by atoms with van der Waals surface area (Å²) in [6.07, 6.45) is 12.4.